The first-order valence-corrected chi connectivity index (χ1v) is 7.09. The molecule has 3 N–H and O–H groups in total. The molecule has 6 heteroatoms. The zero-order chi connectivity index (χ0) is 15.0. The molecule has 1 unspecified atom stereocenters. The largest absolute Gasteiger partial charge is 0.478 e. The highest BCUT2D eigenvalue weighted by molar-refractivity contribution is 6.42. The van der Waals surface area contributed by atoms with Crippen LogP contribution in [0, 0.1) is 0 Å². The summed E-state index contributed by atoms with van der Waals surface area (Å²) in [7, 11) is 0. The third-order valence-electron chi connectivity index (χ3n) is 3.23. The number of fused-ring (bicyclic) bond motifs is 1. The maximum atomic E-state index is 12.1. The van der Waals surface area contributed by atoms with E-state index in [0.29, 0.717) is 33.6 Å². The number of rotatable bonds is 2. The number of nitrogens with two attached hydrogens (primary N) is 1. The fourth-order valence-corrected chi connectivity index (χ4v) is 2.50. The van der Waals surface area contributed by atoms with Gasteiger partial charge in [-0.2, -0.15) is 0 Å². The Hall–Kier alpha value is -1.91. The van der Waals surface area contributed by atoms with E-state index in [9.17, 15) is 4.79 Å². The second-order valence-electron chi connectivity index (χ2n) is 4.80. The lowest BCUT2D eigenvalue weighted by atomic mass is 10.1. The van der Waals surface area contributed by atoms with Crippen LogP contribution in [0.5, 0.6) is 5.75 Å². The molecule has 2 aromatic carbocycles. The van der Waals surface area contributed by atoms with E-state index in [-0.39, 0.29) is 5.91 Å². The van der Waals surface area contributed by atoms with E-state index in [4.69, 9.17) is 33.7 Å². The van der Waals surface area contributed by atoms with Crippen LogP contribution in [-0.2, 0) is 11.2 Å². The lowest BCUT2D eigenvalue weighted by molar-refractivity contribution is -0.123. The first kappa shape index (κ1) is 14.0. The fourth-order valence-electron chi connectivity index (χ4n) is 2.18. The van der Waals surface area contributed by atoms with Crippen LogP contribution in [0.15, 0.2) is 36.4 Å². The topological polar surface area (TPSA) is 64.3 Å². The number of ether oxygens (including phenoxy) is 1. The van der Waals surface area contributed by atoms with Gasteiger partial charge in [0.15, 0.2) is 6.10 Å². The number of amides is 1. The Balaban J connectivity index is 1.82. The van der Waals surface area contributed by atoms with E-state index in [1.54, 1.807) is 30.3 Å². The number of hydrogen-bond acceptors (Lipinski definition) is 3. The molecule has 21 heavy (non-hydrogen) atoms. The summed E-state index contributed by atoms with van der Waals surface area (Å²) in [6.45, 7) is 0. The number of benzene rings is 2. The summed E-state index contributed by atoms with van der Waals surface area (Å²) < 4.78 is 5.73. The minimum atomic E-state index is -0.613. The Morgan fingerprint density at radius 2 is 1.95 bits per heavy atom. The summed E-state index contributed by atoms with van der Waals surface area (Å²) in [6.07, 6.45) is -0.203. The monoisotopic (exact) mass is 322 g/mol. The molecule has 0 spiro atoms. The molecule has 0 aliphatic carbocycles. The quantitative estimate of drug-likeness (QED) is 0.831. The van der Waals surface area contributed by atoms with Crippen molar-refractivity contribution >= 4 is 40.5 Å². The van der Waals surface area contributed by atoms with E-state index in [1.807, 2.05) is 6.07 Å². The Kier molecular flexibility index (Phi) is 3.66. The first-order chi connectivity index (χ1) is 10.0. The van der Waals surface area contributed by atoms with E-state index >= 15 is 0 Å². The summed E-state index contributed by atoms with van der Waals surface area (Å²) in [5.74, 6) is 0.396. The molecule has 1 amide bonds. The lowest BCUT2D eigenvalue weighted by Crippen LogP contribution is -2.38. The van der Waals surface area contributed by atoms with Crippen molar-refractivity contribution < 1.29 is 9.53 Å². The average Bonchev–Trinajstić information content (AvgIpc) is 2.44. The average molecular weight is 323 g/mol. The Labute approximate surface area is 131 Å². The molecule has 2 aromatic rings. The van der Waals surface area contributed by atoms with E-state index in [1.165, 1.54) is 0 Å². The molecule has 0 fully saturated rings. The molecule has 3 rings (SSSR count). The minimum Gasteiger partial charge on any atom is -0.478 e. The number of carbonyl (C=O) groups is 1. The zero-order valence-corrected chi connectivity index (χ0v) is 12.4. The molecule has 0 aromatic heterocycles. The van der Waals surface area contributed by atoms with E-state index < -0.39 is 6.10 Å². The molecule has 0 saturated heterocycles. The SMILES string of the molecule is Nc1ccc2c(c1)NC(=O)C(Cc1ccc(Cl)c(Cl)c1)O2. The normalized spacial score (nSPS) is 16.9. The van der Waals surface area contributed by atoms with Crippen molar-refractivity contribution in [1.29, 1.82) is 0 Å². The van der Waals surface area contributed by atoms with Crippen molar-refractivity contribution in [2.24, 2.45) is 0 Å². The molecule has 1 heterocycles. The highest BCUT2D eigenvalue weighted by Gasteiger charge is 2.27. The third-order valence-corrected chi connectivity index (χ3v) is 3.97. The number of hydrogen-bond donors (Lipinski definition) is 2. The molecule has 4 nitrogen and oxygen atoms in total. The number of nitrogens with one attached hydrogen (secondary N) is 1. The van der Waals surface area contributed by atoms with Crippen molar-refractivity contribution in [3.63, 3.8) is 0 Å². The Morgan fingerprint density at radius 3 is 2.71 bits per heavy atom. The van der Waals surface area contributed by atoms with Gasteiger partial charge in [-0.05, 0) is 35.9 Å². The van der Waals surface area contributed by atoms with Crippen LogP contribution in [0.2, 0.25) is 10.0 Å². The van der Waals surface area contributed by atoms with Crippen LogP contribution in [0.25, 0.3) is 0 Å². The highest BCUT2D eigenvalue weighted by Crippen LogP contribution is 2.32. The number of halogens is 2. The Bertz CT molecular complexity index is 719. The van der Waals surface area contributed by atoms with Crippen molar-refractivity contribution in [3.8, 4) is 5.75 Å². The summed E-state index contributed by atoms with van der Waals surface area (Å²) in [6, 6.07) is 10.4. The minimum absolute atomic E-state index is 0.209. The van der Waals surface area contributed by atoms with Gasteiger partial charge in [0.2, 0.25) is 0 Å². The molecule has 1 aliphatic rings. The maximum Gasteiger partial charge on any atom is 0.265 e. The van der Waals surface area contributed by atoms with Gasteiger partial charge in [0, 0.05) is 12.1 Å². The molecule has 0 radical (unpaired) electrons. The van der Waals surface area contributed by atoms with Gasteiger partial charge in [0.25, 0.3) is 5.91 Å². The van der Waals surface area contributed by atoms with Gasteiger partial charge < -0.3 is 15.8 Å². The molecule has 0 bridgehead atoms. The third kappa shape index (κ3) is 2.91. The summed E-state index contributed by atoms with van der Waals surface area (Å²) >= 11 is 11.9. The smallest absolute Gasteiger partial charge is 0.265 e. The zero-order valence-electron chi connectivity index (χ0n) is 10.9. The predicted octanol–water partition coefficient (Wildman–Crippen LogP) is 3.52. The van der Waals surface area contributed by atoms with Crippen LogP contribution in [0.4, 0.5) is 11.4 Å². The summed E-state index contributed by atoms with van der Waals surface area (Å²) in [4.78, 5) is 12.1. The summed E-state index contributed by atoms with van der Waals surface area (Å²) in [5, 5.41) is 3.73. The van der Waals surface area contributed by atoms with Crippen molar-refractivity contribution in [1.82, 2.24) is 0 Å². The molecule has 108 valence electrons. The fraction of sp³-hybridized carbons (Fsp3) is 0.133. The Morgan fingerprint density at radius 1 is 1.14 bits per heavy atom. The van der Waals surface area contributed by atoms with E-state index in [2.05, 4.69) is 5.32 Å². The van der Waals surface area contributed by atoms with Gasteiger partial charge in [-0.25, -0.2) is 0 Å². The lowest BCUT2D eigenvalue weighted by Gasteiger charge is -2.26. The van der Waals surface area contributed by atoms with Crippen molar-refractivity contribution in [2.75, 3.05) is 11.1 Å². The molecule has 1 aliphatic heterocycles. The van der Waals surface area contributed by atoms with Gasteiger partial charge in [0.1, 0.15) is 5.75 Å². The van der Waals surface area contributed by atoms with Crippen LogP contribution < -0.4 is 15.8 Å². The number of nitrogen functional groups attached to an aromatic ring is 1. The van der Waals surface area contributed by atoms with E-state index in [0.717, 1.165) is 5.56 Å². The number of carbonyl (C=O) groups excluding carboxylic acids is 1. The van der Waals surface area contributed by atoms with Crippen molar-refractivity contribution in [2.45, 2.75) is 12.5 Å². The van der Waals surface area contributed by atoms with Crippen LogP contribution in [0.3, 0.4) is 0 Å². The molecular formula is C15H12Cl2N2O2. The summed E-state index contributed by atoms with van der Waals surface area (Å²) in [5.41, 5.74) is 7.72. The second kappa shape index (κ2) is 5.47. The van der Waals surface area contributed by atoms with Crippen LogP contribution in [0.1, 0.15) is 5.56 Å². The van der Waals surface area contributed by atoms with Gasteiger partial charge in [0.05, 0.1) is 15.7 Å². The van der Waals surface area contributed by atoms with Gasteiger partial charge in [-0.1, -0.05) is 29.3 Å². The molecular weight excluding hydrogens is 311 g/mol. The van der Waals surface area contributed by atoms with Gasteiger partial charge in [-0.3, -0.25) is 4.79 Å². The maximum absolute atomic E-state index is 12.1. The second-order valence-corrected chi connectivity index (χ2v) is 5.62. The predicted molar refractivity (Wildman–Crippen MR) is 84.1 cm³/mol. The molecule has 0 saturated carbocycles. The van der Waals surface area contributed by atoms with Crippen LogP contribution in [-0.4, -0.2) is 12.0 Å². The standard InChI is InChI=1S/C15H12Cl2N2O2/c16-10-3-1-8(5-11(10)17)6-14-15(20)19-12-7-9(18)2-4-13(12)21-14/h1-5,7,14H,6,18H2,(H,19,20). The van der Waals surface area contributed by atoms with Gasteiger partial charge in [-0.15, -0.1) is 0 Å². The number of anilines is 2. The highest BCUT2D eigenvalue weighted by atomic mass is 35.5. The molecule has 1 atom stereocenters. The van der Waals surface area contributed by atoms with Crippen molar-refractivity contribution in [3.05, 3.63) is 52.0 Å². The van der Waals surface area contributed by atoms with Crippen LogP contribution >= 0.6 is 23.2 Å². The first-order valence-electron chi connectivity index (χ1n) is 6.34. The van der Waals surface area contributed by atoms with Gasteiger partial charge >= 0.3 is 0 Å².